The molecule has 0 radical (unpaired) electrons. The molecular formula is C14H22N2O. The van der Waals surface area contributed by atoms with Crippen molar-refractivity contribution in [2.45, 2.75) is 38.8 Å². The van der Waals surface area contributed by atoms with Gasteiger partial charge in [-0.15, -0.1) is 0 Å². The molecule has 3 nitrogen and oxygen atoms in total. The summed E-state index contributed by atoms with van der Waals surface area (Å²) in [7, 11) is 0. The van der Waals surface area contributed by atoms with Gasteiger partial charge in [-0.3, -0.25) is 0 Å². The third kappa shape index (κ3) is 3.37. The van der Waals surface area contributed by atoms with E-state index in [-0.39, 0.29) is 6.10 Å². The Bertz CT molecular complexity index is 365. The summed E-state index contributed by atoms with van der Waals surface area (Å²) in [6.45, 7) is 6.14. The van der Waals surface area contributed by atoms with Crippen LogP contribution in [0.2, 0.25) is 0 Å². The van der Waals surface area contributed by atoms with Gasteiger partial charge >= 0.3 is 0 Å². The largest absolute Gasteiger partial charge is 0.491 e. The first-order valence-corrected chi connectivity index (χ1v) is 6.42. The Morgan fingerprint density at radius 1 is 1.41 bits per heavy atom. The molecule has 3 heteroatoms. The fourth-order valence-corrected chi connectivity index (χ4v) is 2.27. The van der Waals surface area contributed by atoms with E-state index >= 15 is 0 Å². The van der Waals surface area contributed by atoms with E-state index in [2.05, 4.69) is 17.0 Å². The van der Waals surface area contributed by atoms with Crippen LogP contribution in [-0.2, 0) is 0 Å². The van der Waals surface area contributed by atoms with Crippen molar-refractivity contribution >= 4 is 5.69 Å². The van der Waals surface area contributed by atoms with Crippen molar-refractivity contribution < 1.29 is 4.74 Å². The van der Waals surface area contributed by atoms with Crippen LogP contribution >= 0.6 is 0 Å². The molecule has 1 heterocycles. The van der Waals surface area contributed by atoms with Gasteiger partial charge in [0.2, 0.25) is 0 Å². The predicted octanol–water partition coefficient (Wildman–Crippen LogP) is 2.40. The predicted molar refractivity (Wildman–Crippen MR) is 71.6 cm³/mol. The maximum atomic E-state index is 6.01. The fraction of sp³-hybridized carbons (Fsp3) is 0.571. The topological polar surface area (TPSA) is 38.5 Å². The van der Waals surface area contributed by atoms with Crippen LogP contribution in [0, 0.1) is 0 Å². The number of benzene rings is 1. The molecule has 1 aliphatic rings. The first-order chi connectivity index (χ1) is 8.15. The summed E-state index contributed by atoms with van der Waals surface area (Å²) < 4.78 is 5.71. The maximum absolute atomic E-state index is 6.01. The number of anilines is 1. The molecule has 0 amide bonds. The monoisotopic (exact) mass is 234 g/mol. The molecule has 2 N–H and O–H groups in total. The van der Waals surface area contributed by atoms with Gasteiger partial charge < -0.3 is 15.4 Å². The van der Waals surface area contributed by atoms with Crippen molar-refractivity contribution in [2.75, 3.05) is 18.0 Å². The van der Waals surface area contributed by atoms with Gasteiger partial charge in [-0.25, -0.2) is 0 Å². The molecule has 1 atom stereocenters. The Labute approximate surface area is 104 Å². The Kier molecular flexibility index (Phi) is 3.89. The maximum Gasteiger partial charge on any atom is 0.121 e. The molecule has 1 aromatic carbocycles. The van der Waals surface area contributed by atoms with E-state index < -0.39 is 0 Å². The van der Waals surface area contributed by atoms with Gasteiger partial charge in [0.05, 0.1) is 6.10 Å². The van der Waals surface area contributed by atoms with Gasteiger partial charge in [0.1, 0.15) is 5.75 Å². The summed E-state index contributed by atoms with van der Waals surface area (Å²) >= 11 is 0. The summed E-state index contributed by atoms with van der Waals surface area (Å²) in [4.78, 5) is 2.35. The van der Waals surface area contributed by atoms with E-state index in [9.17, 15) is 0 Å². The summed E-state index contributed by atoms with van der Waals surface area (Å²) in [6, 6.07) is 8.60. The van der Waals surface area contributed by atoms with Crippen LogP contribution in [0.15, 0.2) is 24.3 Å². The van der Waals surface area contributed by atoms with E-state index in [4.69, 9.17) is 10.5 Å². The molecule has 0 saturated carbocycles. The highest BCUT2D eigenvalue weighted by Crippen LogP contribution is 2.24. The summed E-state index contributed by atoms with van der Waals surface area (Å²) in [5.41, 5.74) is 7.23. The molecule has 17 heavy (non-hydrogen) atoms. The first-order valence-electron chi connectivity index (χ1n) is 6.42. The quantitative estimate of drug-likeness (QED) is 0.872. The SMILES string of the molecule is CC(C)Oc1cccc(N2CCCC(N)C2)c1. The zero-order valence-corrected chi connectivity index (χ0v) is 10.7. The number of rotatable bonds is 3. The summed E-state index contributed by atoms with van der Waals surface area (Å²) in [6.07, 6.45) is 2.53. The van der Waals surface area contributed by atoms with Gasteiger partial charge in [0.15, 0.2) is 0 Å². The molecule has 1 saturated heterocycles. The Balaban J connectivity index is 2.09. The molecule has 94 valence electrons. The standard InChI is InChI=1S/C14H22N2O/c1-11(2)17-14-7-3-6-13(9-14)16-8-4-5-12(15)10-16/h3,6-7,9,11-12H,4-5,8,10,15H2,1-2H3. The average Bonchev–Trinajstić information content (AvgIpc) is 2.28. The molecule has 2 rings (SSSR count). The average molecular weight is 234 g/mol. The number of ether oxygens (including phenoxy) is 1. The third-order valence-corrected chi connectivity index (χ3v) is 3.01. The minimum atomic E-state index is 0.217. The lowest BCUT2D eigenvalue weighted by molar-refractivity contribution is 0.242. The van der Waals surface area contributed by atoms with E-state index in [1.807, 2.05) is 26.0 Å². The van der Waals surface area contributed by atoms with Crippen LogP contribution in [0.5, 0.6) is 5.75 Å². The van der Waals surface area contributed by atoms with Crippen LogP contribution < -0.4 is 15.4 Å². The van der Waals surface area contributed by atoms with Gasteiger partial charge in [0.25, 0.3) is 0 Å². The van der Waals surface area contributed by atoms with Gasteiger partial charge in [0, 0.05) is 30.9 Å². The molecule has 0 bridgehead atoms. The van der Waals surface area contributed by atoms with E-state index in [1.165, 1.54) is 12.1 Å². The van der Waals surface area contributed by atoms with Crippen LogP contribution in [0.25, 0.3) is 0 Å². The van der Waals surface area contributed by atoms with Gasteiger partial charge in [-0.05, 0) is 38.8 Å². The van der Waals surface area contributed by atoms with Crippen molar-refractivity contribution in [2.24, 2.45) is 5.73 Å². The van der Waals surface area contributed by atoms with Crippen molar-refractivity contribution in [1.29, 1.82) is 0 Å². The van der Waals surface area contributed by atoms with Crippen molar-refractivity contribution in [3.8, 4) is 5.75 Å². The molecule has 0 spiro atoms. The third-order valence-electron chi connectivity index (χ3n) is 3.01. The number of nitrogens with two attached hydrogens (primary N) is 1. The van der Waals surface area contributed by atoms with Crippen LogP contribution in [0.4, 0.5) is 5.69 Å². The van der Waals surface area contributed by atoms with Crippen LogP contribution in [-0.4, -0.2) is 25.2 Å². The van der Waals surface area contributed by atoms with E-state index in [0.717, 1.165) is 25.3 Å². The molecule has 1 fully saturated rings. The zero-order valence-electron chi connectivity index (χ0n) is 10.7. The highest BCUT2D eigenvalue weighted by molar-refractivity contribution is 5.51. The zero-order chi connectivity index (χ0) is 12.3. The minimum Gasteiger partial charge on any atom is -0.491 e. The number of nitrogens with zero attached hydrogens (tertiary/aromatic N) is 1. The lowest BCUT2D eigenvalue weighted by Crippen LogP contribution is -2.42. The fourth-order valence-electron chi connectivity index (χ4n) is 2.27. The van der Waals surface area contributed by atoms with Crippen molar-refractivity contribution in [1.82, 2.24) is 0 Å². The Morgan fingerprint density at radius 2 is 2.24 bits per heavy atom. The lowest BCUT2D eigenvalue weighted by Gasteiger charge is -2.32. The molecule has 1 unspecified atom stereocenters. The smallest absolute Gasteiger partial charge is 0.121 e. The van der Waals surface area contributed by atoms with Gasteiger partial charge in [-0.2, -0.15) is 0 Å². The number of piperidine rings is 1. The van der Waals surface area contributed by atoms with E-state index in [1.54, 1.807) is 0 Å². The molecule has 0 aromatic heterocycles. The summed E-state index contributed by atoms with van der Waals surface area (Å²) in [5.74, 6) is 0.941. The second kappa shape index (κ2) is 5.41. The molecule has 0 aliphatic carbocycles. The van der Waals surface area contributed by atoms with Gasteiger partial charge in [-0.1, -0.05) is 6.07 Å². The minimum absolute atomic E-state index is 0.217. The van der Waals surface area contributed by atoms with Crippen molar-refractivity contribution in [3.63, 3.8) is 0 Å². The lowest BCUT2D eigenvalue weighted by atomic mass is 10.1. The number of hydrogen-bond acceptors (Lipinski definition) is 3. The summed E-state index contributed by atoms with van der Waals surface area (Å²) in [5, 5.41) is 0. The Hall–Kier alpha value is -1.22. The molecular weight excluding hydrogens is 212 g/mol. The second-order valence-corrected chi connectivity index (χ2v) is 5.01. The highest BCUT2D eigenvalue weighted by atomic mass is 16.5. The normalized spacial score (nSPS) is 20.7. The molecule has 1 aromatic rings. The number of hydrogen-bond donors (Lipinski definition) is 1. The second-order valence-electron chi connectivity index (χ2n) is 5.01. The van der Waals surface area contributed by atoms with E-state index in [0.29, 0.717) is 6.04 Å². The van der Waals surface area contributed by atoms with Crippen molar-refractivity contribution in [3.05, 3.63) is 24.3 Å². The molecule has 1 aliphatic heterocycles. The highest BCUT2D eigenvalue weighted by Gasteiger charge is 2.17. The first kappa shape index (κ1) is 12.2. The Morgan fingerprint density at radius 3 is 2.94 bits per heavy atom. The van der Waals surface area contributed by atoms with Crippen LogP contribution in [0.3, 0.4) is 0 Å². The van der Waals surface area contributed by atoms with Crippen LogP contribution in [0.1, 0.15) is 26.7 Å².